The van der Waals surface area contributed by atoms with Crippen LogP contribution in [0.25, 0.3) is 11.1 Å². The standard InChI is InChI=1S/C15H14N2O3/c18-13-8-11(10-4-2-1-3-5-10)12(9-14(19)20)15-16-6-7-17(13)15/h1-5,8,16H,6-7,9H2,(H,19,20). The van der Waals surface area contributed by atoms with Crippen molar-refractivity contribution in [1.82, 2.24) is 4.57 Å². The van der Waals surface area contributed by atoms with E-state index in [-0.39, 0.29) is 12.0 Å². The first-order valence-corrected chi connectivity index (χ1v) is 6.44. The van der Waals surface area contributed by atoms with E-state index in [0.29, 0.717) is 30.0 Å². The second kappa shape index (κ2) is 4.85. The predicted octanol–water partition coefficient (Wildman–Crippen LogP) is 1.57. The molecule has 0 spiro atoms. The first-order chi connectivity index (χ1) is 9.66. The number of nitrogens with one attached hydrogen (secondary N) is 1. The quantitative estimate of drug-likeness (QED) is 0.888. The molecule has 1 aliphatic rings. The van der Waals surface area contributed by atoms with Gasteiger partial charge in [0.15, 0.2) is 0 Å². The van der Waals surface area contributed by atoms with E-state index in [4.69, 9.17) is 5.11 Å². The third-order valence-corrected chi connectivity index (χ3v) is 3.46. The van der Waals surface area contributed by atoms with Crippen LogP contribution in [0.5, 0.6) is 0 Å². The Hall–Kier alpha value is -2.56. The lowest BCUT2D eigenvalue weighted by Crippen LogP contribution is -2.19. The van der Waals surface area contributed by atoms with E-state index in [1.165, 1.54) is 6.07 Å². The zero-order valence-electron chi connectivity index (χ0n) is 10.8. The van der Waals surface area contributed by atoms with E-state index in [0.717, 1.165) is 5.56 Å². The Morgan fingerprint density at radius 3 is 2.75 bits per heavy atom. The maximum Gasteiger partial charge on any atom is 0.307 e. The summed E-state index contributed by atoms with van der Waals surface area (Å²) in [7, 11) is 0. The van der Waals surface area contributed by atoms with Crippen LogP contribution in [0.2, 0.25) is 0 Å². The molecular weight excluding hydrogens is 256 g/mol. The molecule has 0 amide bonds. The SMILES string of the molecule is O=C(O)Cc1c(-c2ccccc2)cc(=O)n2c1NCC2. The maximum atomic E-state index is 12.1. The first kappa shape index (κ1) is 12.5. The number of carbonyl (C=O) groups is 1. The second-order valence-corrected chi connectivity index (χ2v) is 4.74. The Morgan fingerprint density at radius 2 is 2.05 bits per heavy atom. The van der Waals surface area contributed by atoms with Crippen molar-refractivity contribution < 1.29 is 9.90 Å². The smallest absolute Gasteiger partial charge is 0.307 e. The highest BCUT2D eigenvalue weighted by atomic mass is 16.4. The summed E-state index contributed by atoms with van der Waals surface area (Å²) in [6.07, 6.45) is -0.104. The van der Waals surface area contributed by atoms with Crippen molar-refractivity contribution in [2.75, 3.05) is 11.9 Å². The van der Waals surface area contributed by atoms with Crippen LogP contribution in [0, 0.1) is 0 Å². The minimum absolute atomic E-state index is 0.0991. The van der Waals surface area contributed by atoms with Crippen LogP contribution in [-0.4, -0.2) is 22.2 Å². The average molecular weight is 270 g/mol. The van der Waals surface area contributed by atoms with Gasteiger partial charge in [-0.05, 0) is 11.1 Å². The number of aliphatic carboxylic acids is 1. The number of nitrogens with zero attached hydrogens (tertiary/aromatic N) is 1. The van der Waals surface area contributed by atoms with Gasteiger partial charge in [0.25, 0.3) is 5.56 Å². The van der Waals surface area contributed by atoms with Gasteiger partial charge in [0.2, 0.25) is 0 Å². The van der Waals surface area contributed by atoms with Crippen LogP contribution >= 0.6 is 0 Å². The number of hydrogen-bond acceptors (Lipinski definition) is 3. The molecule has 0 bridgehead atoms. The Kier molecular flexibility index (Phi) is 3.02. The minimum Gasteiger partial charge on any atom is -0.481 e. The molecule has 0 saturated carbocycles. The van der Waals surface area contributed by atoms with Crippen LogP contribution < -0.4 is 10.9 Å². The number of pyridine rings is 1. The lowest BCUT2D eigenvalue weighted by Gasteiger charge is -2.14. The van der Waals surface area contributed by atoms with Crippen molar-refractivity contribution in [3.8, 4) is 11.1 Å². The number of anilines is 1. The average Bonchev–Trinajstić information content (AvgIpc) is 2.92. The van der Waals surface area contributed by atoms with Crippen LogP contribution in [0.1, 0.15) is 5.56 Å². The third kappa shape index (κ3) is 2.07. The molecule has 5 nitrogen and oxygen atoms in total. The molecule has 0 radical (unpaired) electrons. The lowest BCUT2D eigenvalue weighted by molar-refractivity contribution is -0.136. The third-order valence-electron chi connectivity index (χ3n) is 3.46. The summed E-state index contributed by atoms with van der Waals surface area (Å²) in [5.74, 6) is -0.268. The molecule has 0 unspecified atom stereocenters. The van der Waals surface area contributed by atoms with E-state index in [1.807, 2.05) is 30.3 Å². The van der Waals surface area contributed by atoms with Gasteiger partial charge in [-0.3, -0.25) is 14.2 Å². The summed E-state index contributed by atoms with van der Waals surface area (Å²) in [5.41, 5.74) is 2.12. The van der Waals surface area contributed by atoms with Gasteiger partial charge in [0.1, 0.15) is 5.82 Å². The van der Waals surface area contributed by atoms with Crippen molar-refractivity contribution in [1.29, 1.82) is 0 Å². The number of carboxylic acids is 1. The molecule has 2 aromatic rings. The van der Waals surface area contributed by atoms with Gasteiger partial charge in [0.05, 0.1) is 6.42 Å². The molecule has 0 atom stereocenters. The van der Waals surface area contributed by atoms with Crippen molar-refractivity contribution in [3.05, 3.63) is 52.3 Å². The summed E-state index contributed by atoms with van der Waals surface area (Å²) >= 11 is 0. The summed E-state index contributed by atoms with van der Waals surface area (Å²) < 4.78 is 1.60. The fourth-order valence-electron chi connectivity index (χ4n) is 2.60. The normalized spacial score (nSPS) is 12.8. The Bertz CT molecular complexity index is 720. The molecule has 102 valence electrons. The fourth-order valence-corrected chi connectivity index (χ4v) is 2.60. The van der Waals surface area contributed by atoms with Crippen LogP contribution in [-0.2, 0) is 17.8 Å². The van der Waals surface area contributed by atoms with Gasteiger partial charge in [-0.2, -0.15) is 0 Å². The van der Waals surface area contributed by atoms with E-state index in [1.54, 1.807) is 4.57 Å². The molecule has 0 aliphatic carbocycles. The molecule has 5 heteroatoms. The predicted molar refractivity (Wildman–Crippen MR) is 76.0 cm³/mol. The Balaban J connectivity index is 2.26. The van der Waals surface area contributed by atoms with Gasteiger partial charge in [-0.1, -0.05) is 30.3 Å². The van der Waals surface area contributed by atoms with Crippen molar-refractivity contribution >= 4 is 11.8 Å². The fraction of sp³-hybridized carbons (Fsp3) is 0.200. The molecule has 1 aromatic carbocycles. The van der Waals surface area contributed by atoms with Gasteiger partial charge in [-0.25, -0.2) is 0 Å². The van der Waals surface area contributed by atoms with Gasteiger partial charge in [-0.15, -0.1) is 0 Å². The Morgan fingerprint density at radius 1 is 1.30 bits per heavy atom. The van der Waals surface area contributed by atoms with E-state index < -0.39 is 5.97 Å². The zero-order valence-corrected chi connectivity index (χ0v) is 10.8. The van der Waals surface area contributed by atoms with Crippen LogP contribution in [0.15, 0.2) is 41.2 Å². The largest absolute Gasteiger partial charge is 0.481 e. The molecule has 3 rings (SSSR count). The molecule has 20 heavy (non-hydrogen) atoms. The molecule has 2 N–H and O–H groups in total. The zero-order chi connectivity index (χ0) is 14.1. The van der Waals surface area contributed by atoms with Gasteiger partial charge < -0.3 is 10.4 Å². The molecule has 0 saturated heterocycles. The van der Waals surface area contributed by atoms with E-state index >= 15 is 0 Å². The highest BCUT2D eigenvalue weighted by Gasteiger charge is 2.21. The summed E-state index contributed by atoms with van der Waals surface area (Å²) in [4.78, 5) is 23.2. The highest BCUT2D eigenvalue weighted by Crippen LogP contribution is 2.29. The maximum absolute atomic E-state index is 12.1. The number of aromatic nitrogens is 1. The van der Waals surface area contributed by atoms with Gasteiger partial charge in [0, 0.05) is 24.7 Å². The van der Waals surface area contributed by atoms with Gasteiger partial charge >= 0.3 is 5.97 Å². The second-order valence-electron chi connectivity index (χ2n) is 4.74. The molecule has 1 aromatic heterocycles. The Labute approximate surface area is 115 Å². The van der Waals surface area contributed by atoms with Crippen molar-refractivity contribution in [2.24, 2.45) is 0 Å². The number of fused-ring (bicyclic) bond motifs is 1. The summed E-state index contributed by atoms with van der Waals surface area (Å²) in [6.45, 7) is 1.23. The summed E-state index contributed by atoms with van der Waals surface area (Å²) in [5, 5.41) is 12.2. The molecule has 0 fully saturated rings. The molecular formula is C15H14N2O3. The van der Waals surface area contributed by atoms with E-state index in [9.17, 15) is 9.59 Å². The number of benzene rings is 1. The van der Waals surface area contributed by atoms with Crippen molar-refractivity contribution in [2.45, 2.75) is 13.0 Å². The molecule has 1 aliphatic heterocycles. The van der Waals surface area contributed by atoms with Crippen molar-refractivity contribution in [3.63, 3.8) is 0 Å². The van der Waals surface area contributed by atoms with E-state index in [2.05, 4.69) is 5.32 Å². The number of hydrogen-bond donors (Lipinski definition) is 2. The topological polar surface area (TPSA) is 71.3 Å². The van der Waals surface area contributed by atoms with Crippen LogP contribution in [0.3, 0.4) is 0 Å². The minimum atomic E-state index is -0.905. The summed E-state index contributed by atoms with van der Waals surface area (Å²) in [6, 6.07) is 10.9. The first-order valence-electron chi connectivity index (χ1n) is 6.44. The lowest BCUT2D eigenvalue weighted by atomic mass is 9.98. The number of carboxylic acid groups (broad SMARTS) is 1. The monoisotopic (exact) mass is 270 g/mol. The van der Waals surface area contributed by atoms with Crippen LogP contribution in [0.4, 0.5) is 5.82 Å². The number of rotatable bonds is 3. The molecule has 2 heterocycles. The highest BCUT2D eigenvalue weighted by molar-refractivity contribution is 5.80.